The van der Waals surface area contributed by atoms with Crippen molar-refractivity contribution in [1.82, 2.24) is 4.90 Å². The van der Waals surface area contributed by atoms with Gasteiger partial charge in [0.15, 0.2) is 0 Å². The van der Waals surface area contributed by atoms with Gasteiger partial charge < -0.3 is 14.9 Å². The Balaban J connectivity index is 1.60. The zero-order valence-electron chi connectivity index (χ0n) is 20.7. The summed E-state index contributed by atoms with van der Waals surface area (Å²) in [6.45, 7) is 5.41. The van der Waals surface area contributed by atoms with E-state index in [0.717, 1.165) is 55.3 Å². The smallest absolute Gasteiger partial charge is 0.303 e. The van der Waals surface area contributed by atoms with Crippen LogP contribution in [-0.4, -0.2) is 52.9 Å². The molecule has 0 aromatic heterocycles. The van der Waals surface area contributed by atoms with Crippen molar-refractivity contribution in [2.24, 2.45) is 0 Å². The van der Waals surface area contributed by atoms with Crippen LogP contribution in [0, 0.1) is 12.7 Å². The number of aliphatic carboxylic acids is 1. The minimum absolute atomic E-state index is 0.0390. The summed E-state index contributed by atoms with van der Waals surface area (Å²) >= 11 is 6.25. The number of likely N-dealkylation sites (tertiary alicyclic amines) is 1. The molecule has 0 amide bonds. The number of halogens is 2. The molecule has 0 saturated carbocycles. The van der Waals surface area contributed by atoms with Crippen LogP contribution in [0.5, 0.6) is 0 Å². The van der Waals surface area contributed by atoms with Crippen molar-refractivity contribution in [3.63, 3.8) is 0 Å². The highest BCUT2D eigenvalue weighted by Crippen LogP contribution is 2.30. The van der Waals surface area contributed by atoms with E-state index in [-0.39, 0.29) is 31.0 Å². The summed E-state index contributed by atoms with van der Waals surface area (Å²) in [6.07, 6.45) is 4.00. The molecule has 7 heteroatoms. The van der Waals surface area contributed by atoms with Gasteiger partial charge in [-0.25, -0.2) is 4.39 Å². The van der Waals surface area contributed by atoms with E-state index in [0.29, 0.717) is 23.6 Å². The highest BCUT2D eigenvalue weighted by atomic mass is 35.5. The molecule has 192 valence electrons. The van der Waals surface area contributed by atoms with Crippen molar-refractivity contribution in [3.05, 3.63) is 69.5 Å². The van der Waals surface area contributed by atoms with Gasteiger partial charge in [0.1, 0.15) is 5.82 Å². The highest BCUT2D eigenvalue weighted by Gasteiger charge is 2.27. The predicted molar refractivity (Wildman–Crippen MR) is 136 cm³/mol. The first-order valence-electron chi connectivity index (χ1n) is 12.6. The number of carboxylic acids is 1. The van der Waals surface area contributed by atoms with Gasteiger partial charge in [0, 0.05) is 24.0 Å². The Labute approximate surface area is 212 Å². The lowest BCUT2D eigenvalue weighted by Gasteiger charge is -2.28. The average Bonchev–Trinajstić information content (AvgIpc) is 3.24. The predicted octanol–water partition coefficient (Wildman–Crippen LogP) is 5.73. The summed E-state index contributed by atoms with van der Waals surface area (Å²) in [5.41, 5.74) is 3.44. The number of hydrogen-bond acceptors (Lipinski definition) is 4. The summed E-state index contributed by atoms with van der Waals surface area (Å²) in [5.74, 6) is -1.02. The third-order valence-corrected chi connectivity index (χ3v) is 6.99. The number of benzene rings is 2. The van der Waals surface area contributed by atoms with E-state index in [2.05, 4.69) is 11.8 Å². The van der Waals surface area contributed by atoms with Gasteiger partial charge in [0.2, 0.25) is 0 Å². The van der Waals surface area contributed by atoms with Crippen LogP contribution in [-0.2, 0) is 22.4 Å². The van der Waals surface area contributed by atoms with E-state index < -0.39 is 12.1 Å². The molecule has 0 spiro atoms. The second kappa shape index (κ2) is 13.4. The Kier molecular flexibility index (Phi) is 10.5. The zero-order chi connectivity index (χ0) is 25.4. The summed E-state index contributed by atoms with van der Waals surface area (Å²) < 4.78 is 20.2. The van der Waals surface area contributed by atoms with Gasteiger partial charge in [-0.1, -0.05) is 43.1 Å². The van der Waals surface area contributed by atoms with Crippen molar-refractivity contribution in [2.45, 2.75) is 77.0 Å². The Morgan fingerprint density at radius 2 is 2.09 bits per heavy atom. The lowest BCUT2D eigenvalue weighted by Crippen LogP contribution is -2.39. The van der Waals surface area contributed by atoms with E-state index in [4.69, 9.17) is 21.4 Å². The molecule has 35 heavy (non-hydrogen) atoms. The fourth-order valence-corrected chi connectivity index (χ4v) is 5.06. The van der Waals surface area contributed by atoms with Gasteiger partial charge >= 0.3 is 5.97 Å². The van der Waals surface area contributed by atoms with Crippen LogP contribution in [0.3, 0.4) is 0 Å². The number of carboxylic acid groups (broad SMARTS) is 1. The molecule has 1 aliphatic heterocycles. The molecule has 3 atom stereocenters. The number of rotatable bonds is 13. The molecule has 2 aromatic rings. The van der Waals surface area contributed by atoms with Gasteiger partial charge in [0.05, 0.1) is 18.8 Å². The van der Waals surface area contributed by atoms with Crippen LogP contribution < -0.4 is 0 Å². The third kappa shape index (κ3) is 8.28. The topological polar surface area (TPSA) is 70.0 Å². The average molecular weight is 506 g/mol. The minimum Gasteiger partial charge on any atom is -0.481 e. The minimum atomic E-state index is -0.845. The van der Waals surface area contributed by atoms with Crippen LogP contribution >= 0.6 is 11.6 Å². The van der Waals surface area contributed by atoms with E-state index in [1.54, 1.807) is 19.1 Å². The second-order valence-corrected chi connectivity index (χ2v) is 10.0. The fourth-order valence-electron chi connectivity index (χ4n) is 4.88. The molecule has 0 unspecified atom stereocenters. The monoisotopic (exact) mass is 505 g/mol. The lowest BCUT2D eigenvalue weighted by atomic mass is 9.96. The van der Waals surface area contributed by atoms with Crippen molar-refractivity contribution in [2.75, 3.05) is 19.7 Å². The number of aliphatic hydroxyl groups excluding tert-OH is 1. The van der Waals surface area contributed by atoms with Crippen molar-refractivity contribution >= 4 is 17.6 Å². The van der Waals surface area contributed by atoms with Crippen molar-refractivity contribution < 1.29 is 24.1 Å². The molecule has 1 fully saturated rings. The van der Waals surface area contributed by atoms with Crippen LogP contribution in [0.2, 0.25) is 5.02 Å². The van der Waals surface area contributed by atoms with Crippen LogP contribution in [0.25, 0.3) is 0 Å². The molecular formula is C28H37ClFNO4. The number of ether oxygens (including phenoxy) is 1. The van der Waals surface area contributed by atoms with Gasteiger partial charge in [-0.05, 0) is 86.0 Å². The van der Waals surface area contributed by atoms with E-state index >= 15 is 0 Å². The van der Waals surface area contributed by atoms with E-state index in [9.17, 15) is 14.3 Å². The first kappa shape index (κ1) is 27.6. The SMILES string of the molecule is CCC[C@@H](OC[C@H](O)CN1CCC[C@H]1Cc1ccc(C)c(F)c1)c1cc(Cl)ccc1CCC(=O)O. The molecule has 0 radical (unpaired) electrons. The normalized spacial score (nSPS) is 18.0. The summed E-state index contributed by atoms with van der Waals surface area (Å²) in [4.78, 5) is 13.4. The van der Waals surface area contributed by atoms with Crippen molar-refractivity contribution in [1.29, 1.82) is 0 Å². The summed E-state index contributed by atoms with van der Waals surface area (Å²) in [7, 11) is 0. The number of carbonyl (C=O) groups is 1. The molecule has 2 N–H and O–H groups in total. The maximum absolute atomic E-state index is 14.0. The van der Waals surface area contributed by atoms with Crippen LogP contribution in [0.4, 0.5) is 4.39 Å². The summed E-state index contributed by atoms with van der Waals surface area (Å²) in [6, 6.07) is 11.2. The van der Waals surface area contributed by atoms with Gasteiger partial charge in [0.25, 0.3) is 0 Å². The molecule has 3 rings (SSSR count). The Bertz CT molecular complexity index is 985. The largest absolute Gasteiger partial charge is 0.481 e. The number of aliphatic hydroxyl groups is 1. The molecule has 1 heterocycles. The van der Waals surface area contributed by atoms with Crippen molar-refractivity contribution in [3.8, 4) is 0 Å². The molecule has 2 aromatic carbocycles. The molecule has 1 saturated heterocycles. The zero-order valence-corrected chi connectivity index (χ0v) is 21.4. The fraction of sp³-hybridized carbons (Fsp3) is 0.536. The van der Waals surface area contributed by atoms with E-state index in [1.165, 1.54) is 0 Å². The Hall–Kier alpha value is -1.99. The van der Waals surface area contributed by atoms with Crippen LogP contribution in [0.1, 0.15) is 67.4 Å². The maximum atomic E-state index is 14.0. The van der Waals surface area contributed by atoms with Gasteiger partial charge in [-0.15, -0.1) is 0 Å². The Morgan fingerprint density at radius 3 is 2.80 bits per heavy atom. The molecule has 0 bridgehead atoms. The molecule has 1 aliphatic rings. The first-order valence-corrected chi connectivity index (χ1v) is 12.9. The van der Waals surface area contributed by atoms with Crippen LogP contribution in [0.15, 0.2) is 36.4 Å². The highest BCUT2D eigenvalue weighted by molar-refractivity contribution is 6.30. The lowest BCUT2D eigenvalue weighted by molar-refractivity contribution is -0.136. The first-order chi connectivity index (χ1) is 16.8. The maximum Gasteiger partial charge on any atom is 0.303 e. The number of aryl methyl sites for hydroxylation is 2. The number of hydrogen-bond donors (Lipinski definition) is 2. The van der Waals surface area contributed by atoms with E-state index in [1.807, 2.05) is 24.3 Å². The Morgan fingerprint density at radius 1 is 1.29 bits per heavy atom. The second-order valence-electron chi connectivity index (χ2n) is 9.58. The standard InChI is InChI=1S/C28H37ClFNO4/c1-3-5-27(25-16-22(29)11-9-21(25)10-12-28(33)34)35-18-24(32)17-31-13-4-6-23(31)14-20-8-7-19(2)26(30)15-20/h7-9,11,15-16,23-24,27,32H,3-6,10,12-14,17-18H2,1-2H3,(H,33,34)/t23-,24+,27+/m0/s1. The van der Waals surface area contributed by atoms with Gasteiger partial charge in [-0.2, -0.15) is 0 Å². The quantitative estimate of drug-likeness (QED) is 0.364. The molecular weight excluding hydrogens is 469 g/mol. The third-order valence-electron chi connectivity index (χ3n) is 6.76. The summed E-state index contributed by atoms with van der Waals surface area (Å²) in [5, 5.41) is 20.5. The molecule has 5 nitrogen and oxygen atoms in total. The molecule has 0 aliphatic carbocycles. The number of β-amino-alcohol motifs (C(OH)–C–C–N with tert-alkyl or cyclic N) is 1. The number of nitrogens with zero attached hydrogens (tertiary/aromatic N) is 1. The van der Waals surface area contributed by atoms with Gasteiger partial charge in [-0.3, -0.25) is 9.69 Å².